The first kappa shape index (κ1) is 18.9. The van der Waals surface area contributed by atoms with Crippen LogP contribution in [-0.2, 0) is 21.1 Å². The number of benzene rings is 1. The Kier molecular flexibility index (Phi) is 5.10. The second kappa shape index (κ2) is 7.02. The number of aliphatic carboxylic acids is 1. The third-order valence-corrected chi connectivity index (χ3v) is 6.88. The van der Waals surface area contributed by atoms with Gasteiger partial charge in [0.2, 0.25) is 0 Å². The van der Waals surface area contributed by atoms with Gasteiger partial charge in [0.1, 0.15) is 6.04 Å². The van der Waals surface area contributed by atoms with Crippen molar-refractivity contribution in [1.29, 1.82) is 0 Å². The van der Waals surface area contributed by atoms with Gasteiger partial charge in [-0.15, -0.1) is 0 Å². The molecule has 0 aromatic heterocycles. The number of nitrogens with zero attached hydrogens (tertiary/aromatic N) is 1. The molecule has 3 rings (SSSR count). The van der Waals surface area contributed by atoms with Gasteiger partial charge in [-0.05, 0) is 49.3 Å². The Morgan fingerprint density at radius 2 is 1.92 bits per heavy atom. The van der Waals surface area contributed by atoms with E-state index >= 15 is 0 Å². The summed E-state index contributed by atoms with van der Waals surface area (Å²) in [6.45, 7) is 1.86. The molecule has 7 heteroatoms. The molecular formula is C19H25NO5S. The highest BCUT2D eigenvalue weighted by molar-refractivity contribution is 7.90. The summed E-state index contributed by atoms with van der Waals surface area (Å²) in [6, 6.07) is 3.79. The molecule has 0 radical (unpaired) electrons. The van der Waals surface area contributed by atoms with Gasteiger partial charge in [-0.2, -0.15) is 0 Å². The minimum atomic E-state index is -3.47. The molecule has 3 unspecified atom stereocenters. The molecule has 1 aliphatic heterocycles. The van der Waals surface area contributed by atoms with Gasteiger partial charge >= 0.3 is 5.97 Å². The van der Waals surface area contributed by atoms with E-state index in [9.17, 15) is 23.1 Å². The molecule has 0 spiro atoms. The Hall–Kier alpha value is -1.89. The van der Waals surface area contributed by atoms with Crippen molar-refractivity contribution in [1.82, 2.24) is 4.90 Å². The fourth-order valence-electron chi connectivity index (χ4n) is 4.45. The first-order valence-electron chi connectivity index (χ1n) is 9.12. The molecule has 142 valence electrons. The minimum Gasteiger partial charge on any atom is -0.480 e. The fraction of sp³-hybridized carbons (Fsp3) is 0.579. The molecule has 1 amide bonds. The summed E-state index contributed by atoms with van der Waals surface area (Å²) >= 11 is 0. The lowest BCUT2D eigenvalue weighted by Crippen LogP contribution is -2.46. The molecule has 1 heterocycles. The fourth-order valence-corrected chi connectivity index (χ4v) is 5.48. The molecule has 2 fully saturated rings. The lowest BCUT2D eigenvalue weighted by Gasteiger charge is -2.33. The summed E-state index contributed by atoms with van der Waals surface area (Å²) in [5.74, 6) is -1.14. The number of carboxylic acid groups (broad SMARTS) is 1. The normalized spacial score (nSPS) is 25.8. The average Bonchev–Trinajstić information content (AvgIpc) is 2.99. The van der Waals surface area contributed by atoms with Crippen molar-refractivity contribution in [3.05, 3.63) is 29.3 Å². The van der Waals surface area contributed by atoms with Crippen LogP contribution in [0.2, 0.25) is 0 Å². The number of aryl methyl sites for hydroxylation is 1. The van der Waals surface area contributed by atoms with Crippen molar-refractivity contribution < 1.29 is 23.1 Å². The third kappa shape index (κ3) is 3.37. The molecule has 3 atom stereocenters. The summed E-state index contributed by atoms with van der Waals surface area (Å²) in [4.78, 5) is 26.5. The van der Waals surface area contributed by atoms with Gasteiger partial charge in [-0.3, -0.25) is 4.79 Å². The van der Waals surface area contributed by atoms with Gasteiger partial charge in [-0.25, -0.2) is 13.2 Å². The maximum Gasteiger partial charge on any atom is 0.326 e. The zero-order valence-electron chi connectivity index (χ0n) is 15.1. The monoisotopic (exact) mass is 379 g/mol. The highest BCUT2D eigenvalue weighted by atomic mass is 32.2. The van der Waals surface area contributed by atoms with Gasteiger partial charge in [0.05, 0.1) is 4.90 Å². The number of carbonyl (C=O) groups excluding carboxylic acids is 1. The van der Waals surface area contributed by atoms with Crippen LogP contribution in [0.4, 0.5) is 0 Å². The predicted octanol–water partition coefficient (Wildman–Crippen LogP) is 2.51. The second-order valence-corrected chi connectivity index (χ2v) is 9.35. The highest BCUT2D eigenvalue weighted by Crippen LogP contribution is 2.40. The number of hydrogen-bond donors (Lipinski definition) is 1. The van der Waals surface area contributed by atoms with E-state index in [4.69, 9.17) is 0 Å². The van der Waals surface area contributed by atoms with E-state index in [2.05, 4.69) is 0 Å². The lowest BCUT2D eigenvalue weighted by atomic mass is 9.84. The van der Waals surface area contributed by atoms with Crippen molar-refractivity contribution in [3.63, 3.8) is 0 Å². The molecule has 26 heavy (non-hydrogen) atoms. The van der Waals surface area contributed by atoms with Crippen LogP contribution < -0.4 is 0 Å². The van der Waals surface area contributed by atoms with Crippen LogP contribution in [-0.4, -0.2) is 48.6 Å². The second-order valence-electron chi connectivity index (χ2n) is 7.36. The summed E-state index contributed by atoms with van der Waals surface area (Å²) < 4.78 is 24.2. The lowest BCUT2D eigenvalue weighted by molar-refractivity contribution is -0.141. The zero-order chi connectivity index (χ0) is 19.1. The molecule has 1 aliphatic carbocycles. The Morgan fingerprint density at radius 1 is 1.23 bits per heavy atom. The number of amides is 1. The number of sulfone groups is 1. The first-order valence-corrected chi connectivity index (χ1v) is 11.0. The van der Waals surface area contributed by atoms with E-state index < -0.39 is 21.8 Å². The van der Waals surface area contributed by atoms with Crippen molar-refractivity contribution in [3.8, 4) is 0 Å². The molecular weight excluding hydrogens is 354 g/mol. The van der Waals surface area contributed by atoms with Gasteiger partial charge in [0.25, 0.3) is 5.91 Å². The van der Waals surface area contributed by atoms with E-state index in [-0.39, 0.29) is 28.3 Å². The minimum absolute atomic E-state index is 0.0649. The van der Waals surface area contributed by atoms with E-state index in [0.29, 0.717) is 18.4 Å². The summed E-state index contributed by atoms with van der Waals surface area (Å²) in [5, 5.41) is 9.60. The number of carbonyl (C=O) groups is 2. The maximum absolute atomic E-state index is 13.2. The van der Waals surface area contributed by atoms with Gasteiger partial charge < -0.3 is 10.0 Å². The Bertz CT molecular complexity index is 832. The standard InChI is InChI=1S/C19H25NO5S/c1-3-12-8-9-14(11-17(12)26(2,24)25)18(21)20-15-7-5-4-6-13(15)10-16(20)19(22)23/h8-9,11,13,15-16H,3-7,10H2,1-2H3,(H,22,23). The van der Waals surface area contributed by atoms with Crippen LogP contribution in [0.3, 0.4) is 0 Å². The smallest absolute Gasteiger partial charge is 0.326 e. The quantitative estimate of drug-likeness (QED) is 0.868. The number of hydrogen-bond acceptors (Lipinski definition) is 4. The van der Waals surface area contributed by atoms with E-state index in [1.54, 1.807) is 12.1 Å². The number of rotatable bonds is 4. The molecule has 6 nitrogen and oxygen atoms in total. The van der Waals surface area contributed by atoms with Gasteiger partial charge in [0.15, 0.2) is 9.84 Å². The van der Waals surface area contributed by atoms with E-state index in [1.165, 1.54) is 11.0 Å². The van der Waals surface area contributed by atoms with Crippen LogP contribution in [0.25, 0.3) is 0 Å². The van der Waals surface area contributed by atoms with Crippen LogP contribution in [0, 0.1) is 5.92 Å². The van der Waals surface area contributed by atoms with Crippen molar-refractivity contribution in [2.24, 2.45) is 5.92 Å². The van der Waals surface area contributed by atoms with Crippen LogP contribution in [0.15, 0.2) is 23.1 Å². The van der Waals surface area contributed by atoms with Crippen molar-refractivity contribution >= 4 is 21.7 Å². The molecule has 1 aromatic carbocycles. The SMILES string of the molecule is CCc1ccc(C(=O)N2C(C(=O)O)CC3CCCCC32)cc1S(C)(=O)=O. The van der Waals surface area contributed by atoms with Crippen molar-refractivity contribution in [2.45, 2.75) is 62.4 Å². The first-order chi connectivity index (χ1) is 12.2. The van der Waals surface area contributed by atoms with Crippen LogP contribution >= 0.6 is 0 Å². The van der Waals surface area contributed by atoms with Gasteiger partial charge in [-0.1, -0.05) is 25.8 Å². The number of carboxylic acids is 1. The van der Waals surface area contributed by atoms with Crippen LogP contribution in [0.1, 0.15) is 54.9 Å². The summed E-state index contributed by atoms with van der Waals surface area (Å²) in [5.41, 5.74) is 0.913. The molecule has 2 aliphatic rings. The molecule has 1 N–H and O–H groups in total. The largest absolute Gasteiger partial charge is 0.480 e. The highest BCUT2D eigenvalue weighted by Gasteiger charge is 2.47. The Morgan fingerprint density at radius 3 is 2.54 bits per heavy atom. The van der Waals surface area contributed by atoms with E-state index in [1.807, 2.05) is 6.92 Å². The topological polar surface area (TPSA) is 91.8 Å². The maximum atomic E-state index is 13.2. The van der Waals surface area contributed by atoms with Crippen LogP contribution in [0.5, 0.6) is 0 Å². The van der Waals surface area contributed by atoms with Gasteiger partial charge in [0, 0.05) is 17.9 Å². The predicted molar refractivity (Wildman–Crippen MR) is 96.9 cm³/mol. The van der Waals surface area contributed by atoms with Crippen molar-refractivity contribution in [2.75, 3.05) is 6.26 Å². The average molecular weight is 379 g/mol. The molecule has 1 saturated heterocycles. The number of likely N-dealkylation sites (tertiary alicyclic amines) is 1. The summed E-state index contributed by atoms with van der Waals surface area (Å²) in [6.07, 6.45) is 5.97. The Balaban J connectivity index is 2.00. The zero-order valence-corrected chi connectivity index (χ0v) is 16.0. The third-order valence-electron chi connectivity index (χ3n) is 5.70. The Labute approximate surface area is 154 Å². The molecule has 1 saturated carbocycles. The molecule has 1 aromatic rings. The summed E-state index contributed by atoms with van der Waals surface area (Å²) in [7, 11) is -3.47. The number of fused-ring (bicyclic) bond motifs is 1. The molecule has 0 bridgehead atoms. The van der Waals surface area contributed by atoms with E-state index in [0.717, 1.165) is 31.9 Å².